The van der Waals surface area contributed by atoms with E-state index in [-0.39, 0.29) is 29.7 Å². The van der Waals surface area contributed by atoms with Crippen LogP contribution in [0.1, 0.15) is 5.56 Å². The first-order valence-electron chi connectivity index (χ1n) is 3.69. The molecule has 0 spiro atoms. The van der Waals surface area contributed by atoms with Crippen LogP contribution in [0.25, 0.3) is 6.08 Å². The monoisotopic (exact) mass is 257 g/mol. The molecule has 1 nitrogen and oxygen atoms in total. The van der Waals surface area contributed by atoms with Crippen molar-refractivity contribution in [2.75, 3.05) is 5.73 Å². The molecule has 0 aliphatic rings. The molecular formula is C9H8Cl2F3N. The maximum absolute atomic E-state index is 11.8. The van der Waals surface area contributed by atoms with Crippen molar-refractivity contribution in [2.45, 2.75) is 6.18 Å². The fourth-order valence-corrected chi connectivity index (χ4v) is 1.05. The summed E-state index contributed by atoms with van der Waals surface area (Å²) in [5.41, 5.74) is 5.96. The second-order valence-electron chi connectivity index (χ2n) is 2.65. The van der Waals surface area contributed by atoms with Crippen molar-refractivity contribution in [3.8, 4) is 0 Å². The quantitative estimate of drug-likeness (QED) is 0.759. The molecule has 0 radical (unpaired) electrons. The van der Waals surface area contributed by atoms with E-state index < -0.39 is 6.18 Å². The lowest BCUT2D eigenvalue weighted by Crippen LogP contribution is -2.00. The Kier molecular flexibility index (Phi) is 4.97. The molecule has 1 aromatic rings. The van der Waals surface area contributed by atoms with Crippen molar-refractivity contribution in [1.82, 2.24) is 0 Å². The number of benzene rings is 1. The van der Waals surface area contributed by atoms with E-state index in [0.29, 0.717) is 5.02 Å². The minimum absolute atomic E-state index is 0. The summed E-state index contributed by atoms with van der Waals surface area (Å²) in [6.07, 6.45) is -3.33. The molecule has 0 atom stereocenters. The van der Waals surface area contributed by atoms with Gasteiger partial charge in [-0.2, -0.15) is 13.2 Å². The van der Waals surface area contributed by atoms with Gasteiger partial charge in [0.25, 0.3) is 0 Å². The maximum Gasteiger partial charge on any atom is 0.409 e. The number of hydrogen-bond donors (Lipinski definition) is 1. The van der Waals surface area contributed by atoms with Crippen LogP contribution >= 0.6 is 24.0 Å². The van der Waals surface area contributed by atoms with Gasteiger partial charge in [0.05, 0.1) is 0 Å². The van der Waals surface area contributed by atoms with Gasteiger partial charge in [0.1, 0.15) is 0 Å². The van der Waals surface area contributed by atoms with E-state index in [1.807, 2.05) is 0 Å². The topological polar surface area (TPSA) is 26.0 Å². The highest BCUT2D eigenvalue weighted by molar-refractivity contribution is 6.30. The van der Waals surface area contributed by atoms with Crippen molar-refractivity contribution in [2.24, 2.45) is 0 Å². The highest BCUT2D eigenvalue weighted by atomic mass is 35.5. The Morgan fingerprint density at radius 1 is 1.27 bits per heavy atom. The number of anilines is 1. The summed E-state index contributed by atoms with van der Waals surface area (Å²) in [6, 6.07) is 4.35. The number of nitrogens with two attached hydrogens (primary N) is 1. The van der Waals surface area contributed by atoms with Gasteiger partial charge in [0, 0.05) is 16.8 Å². The molecule has 6 heteroatoms. The first-order valence-corrected chi connectivity index (χ1v) is 4.07. The Labute approximate surface area is 96.1 Å². The first-order chi connectivity index (χ1) is 6.38. The van der Waals surface area contributed by atoms with Crippen LogP contribution in [0.2, 0.25) is 5.02 Å². The zero-order valence-corrected chi connectivity index (χ0v) is 8.96. The molecule has 0 unspecified atom stereocenters. The summed E-state index contributed by atoms with van der Waals surface area (Å²) in [7, 11) is 0. The van der Waals surface area contributed by atoms with Gasteiger partial charge in [-0.3, -0.25) is 0 Å². The van der Waals surface area contributed by atoms with Gasteiger partial charge in [-0.15, -0.1) is 12.4 Å². The Hall–Kier alpha value is -0.870. The predicted molar refractivity (Wildman–Crippen MR) is 58.2 cm³/mol. The fourth-order valence-electron chi connectivity index (χ4n) is 0.874. The normalized spacial score (nSPS) is 11.5. The van der Waals surface area contributed by atoms with Crippen molar-refractivity contribution in [1.29, 1.82) is 0 Å². The van der Waals surface area contributed by atoms with E-state index in [4.69, 9.17) is 17.3 Å². The van der Waals surface area contributed by atoms with Crippen molar-refractivity contribution < 1.29 is 13.2 Å². The molecule has 0 aromatic heterocycles. The second-order valence-corrected chi connectivity index (χ2v) is 3.08. The van der Waals surface area contributed by atoms with E-state index in [1.165, 1.54) is 18.2 Å². The standard InChI is InChI=1S/C9H7ClF3N.ClH/c10-7-1-2-8(14)6(5-7)3-4-9(11,12)13;/h1-5H,14H2;1H/b4-3+;. The van der Waals surface area contributed by atoms with E-state index in [9.17, 15) is 13.2 Å². The summed E-state index contributed by atoms with van der Waals surface area (Å²) >= 11 is 5.60. The fraction of sp³-hybridized carbons (Fsp3) is 0.111. The lowest BCUT2D eigenvalue weighted by molar-refractivity contribution is -0.0790. The number of nitrogen functional groups attached to an aromatic ring is 1. The molecule has 0 saturated carbocycles. The van der Waals surface area contributed by atoms with Gasteiger partial charge in [-0.05, 0) is 29.8 Å². The SMILES string of the molecule is Cl.Nc1ccc(Cl)cc1/C=C/C(F)(F)F. The van der Waals surface area contributed by atoms with E-state index >= 15 is 0 Å². The van der Waals surface area contributed by atoms with Gasteiger partial charge >= 0.3 is 6.18 Å². The van der Waals surface area contributed by atoms with Crippen molar-refractivity contribution >= 4 is 35.8 Å². The van der Waals surface area contributed by atoms with Gasteiger partial charge < -0.3 is 5.73 Å². The van der Waals surface area contributed by atoms with E-state index in [1.54, 1.807) is 0 Å². The number of rotatable bonds is 1. The van der Waals surface area contributed by atoms with Crippen LogP contribution in [0.15, 0.2) is 24.3 Å². The van der Waals surface area contributed by atoms with Crippen LogP contribution < -0.4 is 5.73 Å². The molecule has 0 bridgehead atoms. The van der Waals surface area contributed by atoms with Crippen LogP contribution in [0.4, 0.5) is 18.9 Å². The predicted octanol–water partition coefficient (Wildman–Crippen LogP) is 3.92. The van der Waals surface area contributed by atoms with Crippen LogP contribution in [-0.2, 0) is 0 Å². The summed E-state index contributed by atoms with van der Waals surface area (Å²) in [5, 5.41) is 0.348. The average molecular weight is 258 g/mol. The summed E-state index contributed by atoms with van der Waals surface area (Å²) in [4.78, 5) is 0. The molecule has 2 N–H and O–H groups in total. The lowest BCUT2D eigenvalue weighted by atomic mass is 10.1. The molecule has 1 rings (SSSR count). The Morgan fingerprint density at radius 3 is 2.40 bits per heavy atom. The zero-order chi connectivity index (χ0) is 10.8. The highest BCUT2D eigenvalue weighted by Gasteiger charge is 2.21. The molecule has 0 aliphatic carbocycles. The average Bonchev–Trinajstić information content (AvgIpc) is 2.05. The second kappa shape index (κ2) is 5.28. The molecular weight excluding hydrogens is 250 g/mol. The first kappa shape index (κ1) is 14.1. The Morgan fingerprint density at radius 2 is 1.87 bits per heavy atom. The zero-order valence-electron chi connectivity index (χ0n) is 7.38. The third kappa shape index (κ3) is 4.95. The summed E-state index contributed by atoms with van der Waals surface area (Å²) in [5.74, 6) is 0. The molecule has 15 heavy (non-hydrogen) atoms. The molecule has 0 saturated heterocycles. The third-order valence-electron chi connectivity index (χ3n) is 1.50. The summed E-state index contributed by atoms with van der Waals surface area (Å²) in [6.45, 7) is 0. The highest BCUT2D eigenvalue weighted by Crippen LogP contribution is 2.22. The smallest absolute Gasteiger partial charge is 0.398 e. The van der Waals surface area contributed by atoms with Crippen LogP contribution in [0, 0.1) is 0 Å². The molecule has 0 fully saturated rings. The summed E-state index contributed by atoms with van der Waals surface area (Å²) < 4.78 is 35.4. The van der Waals surface area contributed by atoms with Gasteiger partial charge in [-0.25, -0.2) is 0 Å². The molecule has 1 aromatic carbocycles. The van der Waals surface area contributed by atoms with Crippen molar-refractivity contribution in [3.05, 3.63) is 34.9 Å². The molecule has 0 heterocycles. The Bertz CT molecular complexity index is 361. The number of allylic oxidation sites excluding steroid dienone is 1. The van der Waals surface area contributed by atoms with Gasteiger partial charge in [0.2, 0.25) is 0 Å². The van der Waals surface area contributed by atoms with Crippen LogP contribution in [-0.4, -0.2) is 6.18 Å². The molecule has 0 aliphatic heterocycles. The van der Waals surface area contributed by atoms with Gasteiger partial charge in [0.15, 0.2) is 0 Å². The molecule has 0 amide bonds. The van der Waals surface area contributed by atoms with Crippen molar-refractivity contribution in [3.63, 3.8) is 0 Å². The number of alkyl halides is 3. The largest absolute Gasteiger partial charge is 0.409 e. The van der Waals surface area contributed by atoms with E-state index in [2.05, 4.69) is 0 Å². The Balaban J connectivity index is 0.00000196. The number of halogens is 5. The third-order valence-corrected chi connectivity index (χ3v) is 1.74. The van der Waals surface area contributed by atoms with Crippen LogP contribution in [0.3, 0.4) is 0 Å². The lowest BCUT2D eigenvalue weighted by Gasteiger charge is -2.02. The minimum Gasteiger partial charge on any atom is -0.398 e. The van der Waals surface area contributed by atoms with Crippen LogP contribution in [0.5, 0.6) is 0 Å². The number of hydrogen-bond acceptors (Lipinski definition) is 1. The maximum atomic E-state index is 11.8. The van der Waals surface area contributed by atoms with E-state index in [0.717, 1.165) is 6.08 Å². The minimum atomic E-state index is -4.34. The van der Waals surface area contributed by atoms with Gasteiger partial charge in [-0.1, -0.05) is 11.6 Å². The molecule has 84 valence electrons.